The molecule has 0 aliphatic carbocycles. The maximum atomic E-state index is 10.4. The number of rotatable bonds is 4. The molecule has 7 heteroatoms. The molecule has 0 fully saturated rings. The summed E-state index contributed by atoms with van der Waals surface area (Å²) in [4.78, 5) is 4.86. The summed E-state index contributed by atoms with van der Waals surface area (Å²) in [5, 5.41) is 0. The van der Waals surface area contributed by atoms with Crippen molar-refractivity contribution >= 4 is 11.7 Å². The van der Waals surface area contributed by atoms with E-state index in [4.69, 9.17) is 4.55 Å². The lowest BCUT2D eigenvalue weighted by Crippen LogP contribution is -2.23. The van der Waals surface area contributed by atoms with Crippen molar-refractivity contribution in [3.63, 3.8) is 0 Å². The molecule has 0 aromatic carbocycles. The molecule has 0 radical (unpaired) electrons. The molecule has 0 saturated carbocycles. The highest BCUT2D eigenvalue weighted by molar-refractivity contribution is 7.84. The van der Waals surface area contributed by atoms with E-state index < -0.39 is 11.7 Å². The number of nitrogens with zero attached hydrogens (tertiary/aromatic N) is 2. The Kier molecular flexibility index (Phi) is 8.44. The van der Waals surface area contributed by atoms with E-state index in [0.717, 1.165) is 6.67 Å². The first kappa shape index (κ1) is 14.5. The van der Waals surface area contributed by atoms with E-state index in [2.05, 4.69) is 36.2 Å². The third-order valence-electron chi connectivity index (χ3n) is 1.80. The summed E-state index contributed by atoms with van der Waals surface area (Å²) in [6.07, 6.45) is 6.87. The van der Waals surface area contributed by atoms with Gasteiger partial charge in [-0.3, -0.25) is 0 Å². The number of halogens is 2. The highest BCUT2D eigenvalue weighted by Crippen LogP contribution is 2.04. The molecule has 0 amide bonds. The first-order chi connectivity index (χ1) is 7.10. The molecule has 1 atom stereocenters. The monoisotopic (exact) mass is 241 g/mol. The Morgan fingerprint density at radius 3 is 2.47 bits per heavy atom. The molecule has 0 saturated heterocycles. The Hall–Kier alpha value is -0.530. The van der Waals surface area contributed by atoms with Crippen LogP contribution in [0.15, 0.2) is 12.4 Å². The molecule has 1 aliphatic heterocycles. The van der Waals surface area contributed by atoms with Gasteiger partial charge in [0.25, 0.3) is 0 Å². The fourth-order valence-electron chi connectivity index (χ4n) is 1.10. The maximum absolute atomic E-state index is 10.4. The molecule has 15 heavy (non-hydrogen) atoms. The van der Waals surface area contributed by atoms with Gasteiger partial charge in [0.1, 0.15) is 0 Å². The van der Waals surface area contributed by atoms with E-state index in [-0.39, 0.29) is 0 Å². The average molecular weight is 241 g/mol. The zero-order valence-corrected chi connectivity index (χ0v) is 9.77. The first-order valence-corrected chi connectivity index (χ1v) is 5.72. The van der Waals surface area contributed by atoms with Crippen molar-refractivity contribution in [2.24, 2.45) is 0 Å². The predicted octanol–water partition coefficient (Wildman–Crippen LogP) is 1.47. The predicted molar refractivity (Wildman–Crippen MR) is 56.9 cm³/mol. The fourth-order valence-corrected chi connectivity index (χ4v) is 1.10. The Morgan fingerprint density at radius 1 is 1.53 bits per heavy atom. The lowest BCUT2D eigenvalue weighted by atomic mass is 10.3. The molecule has 1 N–H and O–H groups in total. The SMILES string of the molecule is CCCCN1C=CN(C)C1.[O-][S+](F)NF. The van der Waals surface area contributed by atoms with E-state index in [1.165, 1.54) is 19.4 Å². The van der Waals surface area contributed by atoms with E-state index in [1.54, 1.807) is 0 Å². The lowest BCUT2D eigenvalue weighted by Gasteiger charge is -2.17. The Morgan fingerprint density at radius 2 is 2.13 bits per heavy atom. The topological polar surface area (TPSA) is 41.6 Å². The average Bonchev–Trinajstić information content (AvgIpc) is 2.62. The van der Waals surface area contributed by atoms with Crippen LogP contribution in [0.5, 0.6) is 0 Å². The molecule has 0 spiro atoms. The van der Waals surface area contributed by atoms with Crippen molar-refractivity contribution in [2.75, 3.05) is 20.3 Å². The van der Waals surface area contributed by atoms with Crippen molar-refractivity contribution < 1.29 is 12.9 Å². The third-order valence-corrected chi connectivity index (χ3v) is 1.92. The van der Waals surface area contributed by atoms with Crippen molar-refractivity contribution in [3.8, 4) is 0 Å². The molecule has 1 heterocycles. The zero-order chi connectivity index (χ0) is 11.7. The standard InChI is InChI=1S/C8H16N2.F2HNOS/c1-3-4-5-10-7-6-9(2)8-10;1-3-5(2)4/h6-7H,3-5,8H2,1-2H3;3H. The number of hydrogen-bond acceptors (Lipinski definition) is 4. The van der Waals surface area contributed by atoms with Gasteiger partial charge in [0.2, 0.25) is 0 Å². The molecule has 0 aromatic heterocycles. The van der Waals surface area contributed by atoms with Crippen LogP contribution in [-0.2, 0) is 11.7 Å². The summed E-state index contributed by atoms with van der Waals surface area (Å²) in [7, 11) is 2.10. The molecular formula is C8H17F2N3OS. The second-order valence-corrected chi connectivity index (χ2v) is 3.76. The van der Waals surface area contributed by atoms with Crippen molar-refractivity contribution in [1.29, 1.82) is 0 Å². The Balaban J connectivity index is 0.000000336. The minimum Gasteiger partial charge on any atom is -0.559 e. The van der Waals surface area contributed by atoms with Gasteiger partial charge in [-0.1, -0.05) is 17.8 Å². The normalized spacial score (nSPS) is 16.3. The van der Waals surface area contributed by atoms with Crippen LogP contribution in [0.3, 0.4) is 0 Å². The highest BCUT2D eigenvalue weighted by Gasteiger charge is 2.05. The molecule has 1 aliphatic rings. The van der Waals surface area contributed by atoms with Crippen molar-refractivity contribution in [3.05, 3.63) is 12.4 Å². The first-order valence-electron chi connectivity index (χ1n) is 4.67. The van der Waals surface area contributed by atoms with Gasteiger partial charge in [-0.15, -0.1) is 0 Å². The molecule has 4 nitrogen and oxygen atoms in total. The third kappa shape index (κ3) is 8.46. The van der Waals surface area contributed by atoms with Crippen LogP contribution in [0.25, 0.3) is 0 Å². The van der Waals surface area contributed by atoms with Crippen LogP contribution in [0, 0.1) is 0 Å². The number of nitrogens with one attached hydrogen (secondary N) is 1. The van der Waals surface area contributed by atoms with Gasteiger partial charge in [0.15, 0.2) is 0 Å². The summed E-state index contributed by atoms with van der Waals surface area (Å²) in [5.41, 5.74) is 0. The summed E-state index contributed by atoms with van der Waals surface area (Å²) >= 11 is -2.99. The van der Waals surface area contributed by atoms with Crippen LogP contribution in [-0.4, -0.2) is 34.6 Å². The second kappa shape index (κ2) is 8.75. The van der Waals surface area contributed by atoms with Gasteiger partial charge in [0, 0.05) is 29.9 Å². The van der Waals surface area contributed by atoms with Crippen LogP contribution < -0.4 is 4.94 Å². The maximum Gasteiger partial charge on any atom is 0.305 e. The van der Waals surface area contributed by atoms with Crippen molar-refractivity contribution in [1.82, 2.24) is 14.7 Å². The zero-order valence-electron chi connectivity index (χ0n) is 8.95. The minimum absolute atomic E-state index is 0.333. The van der Waals surface area contributed by atoms with E-state index in [0.29, 0.717) is 4.94 Å². The summed E-state index contributed by atoms with van der Waals surface area (Å²) in [6.45, 7) is 4.50. The van der Waals surface area contributed by atoms with Crippen LogP contribution in [0.1, 0.15) is 19.8 Å². The largest absolute Gasteiger partial charge is 0.559 e. The van der Waals surface area contributed by atoms with E-state index in [9.17, 15) is 8.37 Å². The van der Waals surface area contributed by atoms with Gasteiger partial charge in [0.05, 0.1) is 11.6 Å². The Labute approximate surface area is 92.5 Å². The van der Waals surface area contributed by atoms with Crippen molar-refractivity contribution in [2.45, 2.75) is 19.8 Å². The molecule has 0 bridgehead atoms. The fraction of sp³-hybridized carbons (Fsp3) is 0.750. The molecular weight excluding hydrogens is 224 g/mol. The number of hydrogen-bond donors (Lipinski definition) is 1. The number of unbranched alkanes of at least 4 members (excludes halogenated alkanes) is 1. The summed E-state index contributed by atoms with van der Waals surface area (Å²) in [6, 6.07) is 0. The Bertz CT molecular complexity index is 183. The second-order valence-electron chi connectivity index (χ2n) is 3.16. The molecule has 90 valence electrons. The lowest BCUT2D eigenvalue weighted by molar-refractivity contribution is 0.293. The van der Waals surface area contributed by atoms with Crippen LogP contribution >= 0.6 is 0 Å². The summed E-state index contributed by atoms with van der Waals surface area (Å²) in [5.74, 6) is 0. The molecule has 1 rings (SSSR count). The van der Waals surface area contributed by atoms with E-state index in [1.807, 2.05) is 0 Å². The summed E-state index contributed by atoms with van der Waals surface area (Å²) < 4.78 is 29.4. The molecule has 0 aromatic rings. The quantitative estimate of drug-likeness (QED) is 0.598. The van der Waals surface area contributed by atoms with E-state index >= 15 is 0 Å². The van der Waals surface area contributed by atoms with Crippen LogP contribution in [0.2, 0.25) is 0 Å². The highest BCUT2D eigenvalue weighted by atomic mass is 32.3. The van der Waals surface area contributed by atoms with Gasteiger partial charge in [-0.05, 0) is 6.42 Å². The van der Waals surface area contributed by atoms with Gasteiger partial charge >= 0.3 is 11.7 Å². The van der Waals surface area contributed by atoms with Gasteiger partial charge < -0.3 is 14.4 Å². The smallest absolute Gasteiger partial charge is 0.305 e. The minimum atomic E-state index is -2.99. The molecule has 1 unspecified atom stereocenters. The van der Waals surface area contributed by atoms with Gasteiger partial charge in [-0.2, -0.15) is 0 Å². The van der Waals surface area contributed by atoms with Gasteiger partial charge in [-0.25, -0.2) is 0 Å². The van der Waals surface area contributed by atoms with Crippen LogP contribution in [0.4, 0.5) is 8.37 Å².